The van der Waals surface area contributed by atoms with Crippen molar-refractivity contribution < 1.29 is 8.78 Å². The smallest absolute Gasteiger partial charge is 0.131 e. The van der Waals surface area contributed by atoms with Gasteiger partial charge >= 0.3 is 0 Å². The Labute approximate surface area is 123 Å². The van der Waals surface area contributed by atoms with E-state index in [9.17, 15) is 8.78 Å². The third-order valence-electron chi connectivity index (χ3n) is 5.29. The van der Waals surface area contributed by atoms with Gasteiger partial charge in [0, 0.05) is 12.8 Å². The fraction of sp³-hybridized carbons (Fsp3) is 0.889. The molecule has 0 radical (unpaired) electrons. The van der Waals surface area contributed by atoms with Gasteiger partial charge in [-0.25, -0.2) is 8.78 Å². The fourth-order valence-corrected chi connectivity index (χ4v) is 3.88. The summed E-state index contributed by atoms with van der Waals surface area (Å²) in [6.07, 6.45) is 15.0. The first-order valence-corrected chi connectivity index (χ1v) is 8.78. The van der Waals surface area contributed by atoms with E-state index in [0.29, 0.717) is 24.7 Å². The van der Waals surface area contributed by atoms with Crippen molar-refractivity contribution in [2.75, 3.05) is 0 Å². The van der Waals surface area contributed by atoms with E-state index in [4.69, 9.17) is 0 Å². The Morgan fingerprint density at radius 3 is 1.30 bits per heavy atom. The Balaban J connectivity index is 1.66. The minimum absolute atomic E-state index is 0.334. The first-order valence-electron chi connectivity index (χ1n) is 8.78. The number of hydrogen-bond acceptors (Lipinski definition) is 0. The minimum atomic E-state index is -0.452. The van der Waals surface area contributed by atoms with E-state index in [0.717, 1.165) is 12.8 Å². The van der Waals surface area contributed by atoms with Gasteiger partial charge in [0.05, 0.1) is 0 Å². The minimum Gasteiger partial charge on any atom is -0.209 e. The molecular formula is C18H30F2. The van der Waals surface area contributed by atoms with Crippen LogP contribution in [0.25, 0.3) is 0 Å². The van der Waals surface area contributed by atoms with Gasteiger partial charge in [-0.1, -0.05) is 64.2 Å². The van der Waals surface area contributed by atoms with E-state index in [1.54, 1.807) is 0 Å². The van der Waals surface area contributed by atoms with Crippen LogP contribution in [0, 0.1) is 11.8 Å². The zero-order valence-electron chi connectivity index (χ0n) is 12.8. The summed E-state index contributed by atoms with van der Waals surface area (Å²) in [5, 5.41) is 0. The van der Waals surface area contributed by atoms with E-state index < -0.39 is 11.7 Å². The van der Waals surface area contributed by atoms with Gasteiger partial charge in [0.1, 0.15) is 11.7 Å². The molecule has 0 aromatic heterocycles. The van der Waals surface area contributed by atoms with Gasteiger partial charge in [-0.3, -0.25) is 0 Å². The molecule has 0 saturated heterocycles. The summed E-state index contributed by atoms with van der Waals surface area (Å²) in [6.45, 7) is 0. The van der Waals surface area contributed by atoms with Crippen molar-refractivity contribution in [1.82, 2.24) is 0 Å². The molecule has 0 N–H and O–H groups in total. The highest BCUT2D eigenvalue weighted by atomic mass is 19.2. The molecule has 116 valence electrons. The summed E-state index contributed by atoms with van der Waals surface area (Å²) in [4.78, 5) is 0. The van der Waals surface area contributed by atoms with E-state index in [1.165, 1.54) is 64.2 Å². The van der Waals surface area contributed by atoms with Gasteiger partial charge in [0.2, 0.25) is 0 Å². The zero-order valence-corrected chi connectivity index (χ0v) is 12.8. The van der Waals surface area contributed by atoms with Gasteiger partial charge in [0.25, 0.3) is 0 Å². The van der Waals surface area contributed by atoms with Crippen molar-refractivity contribution in [3.63, 3.8) is 0 Å². The molecule has 0 aromatic carbocycles. The summed E-state index contributed by atoms with van der Waals surface area (Å²) in [5.74, 6) is 0.374. The Morgan fingerprint density at radius 1 is 0.600 bits per heavy atom. The van der Waals surface area contributed by atoms with Crippen LogP contribution in [-0.2, 0) is 0 Å². The second kappa shape index (κ2) is 8.79. The molecular weight excluding hydrogens is 254 g/mol. The summed E-state index contributed by atoms with van der Waals surface area (Å²) >= 11 is 0. The van der Waals surface area contributed by atoms with Crippen molar-refractivity contribution >= 4 is 0 Å². The van der Waals surface area contributed by atoms with Crippen LogP contribution in [0.4, 0.5) is 8.78 Å². The first kappa shape index (κ1) is 16.0. The molecule has 20 heavy (non-hydrogen) atoms. The molecule has 2 heteroatoms. The van der Waals surface area contributed by atoms with Crippen molar-refractivity contribution in [3.05, 3.63) is 11.7 Å². The molecule has 0 atom stereocenters. The Kier molecular flexibility index (Phi) is 7.02. The molecule has 0 aromatic rings. The number of halogens is 2. The van der Waals surface area contributed by atoms with E-state index >= 15 is 0 Å². The Bertz CT molecular complexity index is 267. The average Bonchev–Trinajstić information content (AvgIpc) is 2.52. The maximum absolute atomic E-state index is 13.8. The number of rotatable bonds is 6. The largest absolute Gasteiger partial charge is 0.209 e. The summed E-state index contributed by atoms with van der Waals surface area (Å²) < 4.78 is 27.6. The lowest BCUT2D eigenvalue weighted by Gasteiger charge is -2.21. The lowest BCUT2D eigenvalue weighted by atomic mass is 9.85. The molecule has 0 aliphatic heterocycles. The maximum Gasteiger partial charge on any atom is 0.131 e. The van der Waals surface area contributed by atoms with Crippen molar-refractivity contribution in [2.45, 2.75) is 89.9 Å². The lowest BCUT2D eigenvalue weighted by Crippen LogP contribution is -2.07. The van der Waals surface area contributed by atoms with Crippen LogP contribution in [0.1, 0.15) is 89.9 Å². The summed E-state index contributed by atoms with van der Waals surface area (Å²) in [6, 6.07) is 0. The quantitative estimate of drug-likeness (QED) is 0.500. The normalized spacial score (nSPS) is 23.7. The average molecular weight is 284 g/mol. The highest BCUT2D eigenvalue weighted by molar-refractivity contribution is 5.00. The second-order valence-electron chi connectivity index (χ2n) is 6.90. The molecule has 2 saturated carbocycles. The predicted molar refractivity (Wildman–Crippen MR) is 80.9 cm³/mol. The molecule has 0 spiro atoms. The van der Waals surface area contributed by atoms with Gasteiger partial charge in [0.15, 0.2) is 0 Å². The SMILES string of the molecule is F/C(CCC1CCCCC1)=C(/F)CCC1CCCCC1. The van der Waals surface area contributed by atoms with Crippen LogP contribution in [0.3, 0.4) is 0 Å². The molecule has 0 amide bonds. The van der Waals surface area contributed by atoms with Crippen molar-refractivity contribution in [1.29, 1.82) is 0 Å². The Morgan fingerprint density at radius 2 is 0.950 bits per heavy atom. The third-order valence-corrected chi connectivity index (χ3v) is 5.29. The highest BCUT2D eigenvalue weighted by Gasteiger charge is 2.17. The van der Waals surface area contributed by atoms with Crippen LogP contribution in [0.2, 0.25) is 0 Å². The standard InChI is InChI=1S/C18H30F2/c19-17(13-11-15-7-3-1-4-8-15)18(20)14-12-16-9-5-2-6-10-16/h15-16H,1-14H2/b18-17+. The molecule has 2 aliphatic carbocycles. The van der Waals surface area contributed by atoms with Crippen molar-refractivity contribution in [3.8, 4) is 0 Å². The Hall–Kier alpha value is -0.400. The predicted octanol–water partition coefficient (Wildman–Crippen LogP) is 6.86. The molecule has 0 nitrogen and oxygen atoms in total. The summed E-state index contributed by atoms with van der Waals surface area (Å²) in [7, 11) is 0. The van der Waals surface area contributed by atoms with E-state index in [-0.39, 0.29) is 0 Å². The van der Waals surface area contributed by atoms with Gasteiger partial charge in [-0.15, -0.1) is 0 Å². The van der Waals surface area contributed by atoms with Crippen LogP contribution in [0.5, 0.6) is 0 Å². The molecule has 0 bridgehead atoms. The van der Waals surface area contributed by atoms with Crippen molar-refractivity contribution in [2.24, 2.45) is 11.8 Å². The third kappa shape index (κ3) is 5.54. The first-order chi connectivity index (χ1) is 9.75. The summed E-state index contributed by atoms with van der Waals surface area (Å²) in [5.41, 5.74) is 0. The molecule has 0 unspecified atom stereocenters. The maximum atomic E-state index is 13.8. The van der Waals surface area contributed by atoms with Crippen LogP contribution in [-0.4, -0.2) is 0 Å². The highest BCUT2D eigenvalue weighted by Crippen LogP contribution is 2.32. The second-order valence-corrected chi connectivity index (χ2v) is 6.90. The zero-order chi connectivity index (χ0) is 14.2. The fourth-order valence-electron chi connectivity index (χ4n) is 3.88. The van der Waals surface area contributed by atoms with E-state index in [1.807, 2.05) is 0 Å². The molecule has 2 rings (SSSR count). The van der Waals surface area contributed by atoms with Gasteiger partial charge < -0.3 is 0 Å². The van der Waals surface area contributed by atoms with Gasteiger partial charge in [-0.2, -0.15) is 0 Å². The van der Waals surface area contributed by atoms with Crippen LogP contribution in [0.15, 0.2) is 11.7 Å². The van der Waals surface area contributed by atoms with E-state index in [2.05, 4.69) is 0 Å². The molecule has 2 fully saturated rings. The monoisotopic (exact) mass is 284 g/mol. The van der Waals surface area contributed by atoms with Gasteiger partial charge in [-0.05, 0) is 24.7 Å². The molecule has 2 aliphatic rings. The molecule has 0 heterocycles. The number of hydrogen-bond donors (Lipinski definition) is 0. The topological polar surface area (TPSA) is 0 Å². The lowest BCUT2D eigenvalue weighted by molar-refractivity contribution is 0.318. The van der Waals surface area contributed by atoms with Crippen LogP contribution < -0.4 is 0 Å². The van der Waals surface area contributed by atoms with Crippen LogP contribution >= 0.6 is 0 Å². The number of allylic oxidation sites excluding steroid dienone is 2.